The van der Waals surface area contributed by atoms with Crippen molar-refractivity contribution in [1.82, 2.24) is 15.1 Å². The highest BCUT2D eigenvalue weighted by molar-refractivity contribution is 5.75. The smallest absolute Gasteiger partial charge is 0.317 e. The average Bonchev–Trinajstić information content (AvgIpc) is 2.52. The summed E-state index contributed by atoms with van der Waals surface area (Å²) in [4.78, 5) is 17.2. The van der Waals surface area contributed by atoms with Crippen LogP contribution in [0.3, 0.4) is 0 Å². The number of rotatable bonds is 5. The lowest BCUT2D eigenvalue weighted by Gasteiger charge is -2.47. The third-order valence-corrected chi connectivity index (χ3v) is 5.37. The van der Waals surface area contributed by atoms with Gasteiger partial charge in [-0.05, 0) is 59.0 Å². The maximum Gasteiger partial charge on any atom is 0.317 e. The lowest BCUT2D eigenvalue weighted by molar-refractivity contribution is 0.0482. The molecule has 0 bridgehead atoms. The summed E-state index contributed by atoms with van der Waals surface area (Å²) >= 11 is 0. The summed E-state index contributed by atoms with van der Waals surface area (Å²) < 4.78 is 0. The molecule has 128 valence electrons. The number of carbonyl (C=O) groups is 1. The topological polar surface area (TPSA) is 35.6 Å². The number of nitrogens with zero attached hydrogens (tertiary/aromatic N) is 2. The van der Waals surface area contributed by atoms with Gasteiger partial charge in [-0.3, -0.25) is 0 Å². The molecule has 2 heterocycles. The molecule has 4 heteroatoms. The summed E-state index contributed by atoms with van der Waals surface area (Å²) in [6.07, 6.45) is 9.84. The van der Waals surface area contributed by atoms with Gasteiger partial charge < -0.3 is 15.1 Å². The van der Waals surface area contributed by atoms with E-state index in [0.29, 0.717) is 18.1 Å². The van der Waals surface area contributed by atoms with E-state index in [4.69, 9.17) is 0 Å². The SMILES string of the molecule is CCCCCNC(=O)N1C(C)CC(N2CCCCC2)CC1C. The molecule has 22 heavy (non-hydrogen) atoms. The van der Waals surface area contributed by atoms with Crippen molar-refractivity contribution in [3.63, 3.8) is 0 Å². The number of nitrogens with one attached hydrogen (secondary N) is 1. The van der Waals surface area contributed by atoms with Crippen molar-refractivity contribution in [1.29, 1.82) is 0 Å². The molecular formula is C18H35N3O. The van der Waals surface area contributed by atoms with Crippen molar-refractivity contribution < 1.29 is 4.79 Å². The summed E-state index contributed by atoms with van der Waals surface area (Å²) in [5, 5.41) is 3.12. The Bertz CT molecular complexity index is 329. The lowest BCUT2D eigenvalue weighted by Crippen LogP contribution is -2.58. The molecule has 2 unspecified atom stereocenters. The van der Waals surface area contributed by atoms with Crippen LogP contribution in [0, 0.1) is 0 Å². The molecule has 0 aromatic heterocycles. The Morgan fingerprint density at radius 2 is 1.68 bits per heavy atom. The van der Waals surface area contributed by atoms with Gasteiger partial charge in [0.15, 0.2) is 0 Å². The number of likely N-dealkylation sites (tertiary alicyclic amines) is 2. The minimum absolute atomic E-state index is 0.146. The first-order chi connectivity index (χ1) is 10.6. The summed E-state index contributed by atoms with van der Waals surface area (Å²) in [5.41, 5.74) is 0. The van der Waals surface area contributed by atoms with Gasteiger partial charge in [0.1, 0.15) is 0 Å². The van der Waals surface area contributed by atoms with Crippen molar-refractivity contribution >= 4 is 6.03 Å². The zero-order valence-corrected chi connectivity index (χ0v) is 14.8. The van der Waals surface area contributed by atoms with Crippen LogP contribution in [0.1, 0.15) is 72.1 Å². The summed E-state index contributed by atoms with van der Waals surface area (Å²) in [7, 11) is 0. The Morgan fingerprint density at radius 3 is 2.27 bits per heavy atom. The van der Waals surface area contributed by atoms with Crippen LogP contribution in [0.4, 0.5) is 4.79 Å². The van der Waals surface area contributed by atoms with Gasteiger partial charge in [-0.15, -0.1) is 0 Å². The first-order valence-electron chi connectivity index (χ1n) is 9.43. The molecule has 0 saturated carbocycles. The van der Waals surface area contributed by atoms with E-state index < -0.39 is 0 Å². The fourth-order valence-corrected chi connectivity index (χ4v) is 4.19. The highest BCUT2D eigenvalue weighted by atomic mass is 16.2. The minimum atomic E-state index is 0.146. The molecule has 0 radical (unpaired) electrons. The van der Waals surface area contributed by atoms with Gasteiger partial charge in [0, 0.05) is 24.7 Å². The number of hydrogen-bond acceptors (Lipinski definition) is 2. The third kappa shape index (κ3) is 4.61. The third-order valence-electron chi connectivity index (χ3n) is 5.37. The van der Waals surface area contributed by atoms with E-state index >= 15 is 0 Å². The molecule has 2 atom stereocenters. The molecule has 2 aliphatic rings. The first-order valence-corrected chi connectivity index (χ1v) is 9.43. The lowest BCUT2D eigenvalue weighted by atomic mass is 9.90. The molecule has 1 N–H and O–H groups in total. The largest absolute Gasteiger partial charge is 0.338 e. The van der Waals surface area contributed by atoms with Crippen LogP contribution in [0.15, 0.2) is 0 Å². The molecule has 0 spiro atoms. The fraction of sp³-hybridized carbons (Fsp3) is 0.944. The molecule has 0 aromatic carbocycles. The van der Waals surface area contributed by atoms with Crippen LogP contribution in [-0.4, -0.2) is 53.6 Å². The molecule has 2 fully saturated rings. The maximum atomic E-state index is 12.5. The molecule has 2 saturated heterocycles. The molecule has 0 aliphatic carbocycles. The van der Waals surface area contributed by atoms with E-state index in [-0.39, 0.29) is 6.03 Å². The van der Waals surface area contributed by atoms with E-state index in [2.05, 4.69) is 35.9 Å². The Labute approximate surface area is 136 Å². The molecule has 2 aliphatic heterocycles. The van der Waals surface area contributed by atoms with Crippen molar-refractivity contribution in [2.75, 3.05) is 19.6 Å². The van der Waals surface area contributed by atoms with E-state index in [1.165, 1.54) is 45.2 Å². The Hall–Kier alpha value is -0.770. The van der Waals surface area contributed by atoms with Gasteiger partial charge in [0.25, 0.3) is 0 Å². The highest BCUT2D eigenvalue weighted by Gasteiger charge is 2.36. The quantitative estimate of drug-likeness (QED) is 0.787. The second-order valence-corrected chi connectivity index (χ2v) is 7.27. The second kappa shape index (κ2) is 8.76. The number of unbranched alkanes of at least 4 members (excludes halogenated alkanes) is 2. The summed E-state index contributed by atoms with van der Waals surface area (Å²) in [6, 6.07) is 1.52. The van der Waals surface area contributed by atoms with E-state index in [1.54, 1.807) is 0 Å². The monoisotopic (exact) mass is 309 g/mol. The van der Waals surface area contributed by atoms with Gasteiger partial charge in [0.2, 0.25) is 0 Å². The molecule has 4 nitrogen and oxygen atoms in total. The number of amides is 2. The van der Waals surface area contributed by atoms with Crippen molar-refractivity contribution in [2.45, 2.75) is 90.3 Å². The van der Waals surface area contributed by atoms with Crippen molar-refractivity contribution in [2.24, 2.45) is 0 Å². The second-order valence-electron chi connectivity index (χ2n) is 7.27. The van der Waals surface area contributed by atoms with Gasteiger partial charge >= 0.3 is 6.03 Å². The first kappa shape index (κ1) is 17.6. The predicted octanol–water partition coefficient (Wildman–Crippen LogP) is 3.61. The van der Waals surface area contributed by atoms with Crippen LogP contribution in [0.2, 0.25) is 0 Å². The Morgan fingerprint density at radius 1 is 1.05 bits per heavy atom. The van der Waals surface area contributed by atoms with Crippen molar-refractivity contribution in [3.8, 4) is 0 Å². The van der Waals surface area contributed by atoms with E-state index in [9.17, 15) is 4.79 Å². The highest BCUT2D eigenvalue weighted by Crippen LogP contribution is 2.28. The number of urea groups is 1. The van der Waals surface area contributed by atoms with E-state index in [1.807, 2.05) is 0 Å². The fourth-order valence-electron chi connectivity index (χ4n) is 4.19. The van der Waals surface area contributed by atoms with Gasteiger partial charge in [-0.1, -0.05) is 26.2 Å². The van der Waals surface area contributed by atoms with Crippen LogP contribution in [-0.2, 0) is 0 Å². The maximum absolute atomic E-state index is 12.5. The van der Waals surface area contributed by atoms with Crippen LogP contribution in [0.25, 0.3) is 0 Å². The number of carbonyl (C=O) groups excluding carboxylic acids is 1. The minimum Gasteiger partial charge on any atom is -0.338 e. The predicted molar refractivity (Wildman–Crippen MR) is 92.1 cm³/mol. The van der Waals surface area contributed by atoms with Crippen LogP contribution in [0.5, 0.6) is 0 Å². The zero-order valence-electron chi connectivity index (χ0n) is 14.8. The van der Waals surface area contributed by atoms with Crippen LogP contribution >= 0.6 is 0 Å². The molecule has 0 aromatic rings. The average molecular weight is 309 g/mol. The summed E-state index contributed by atoms with van der Waals surface area (Å²) in [6.45, 7) is 9.96. The normalized spacial score (nSPS) is 30.3. The standard InChI is InChI=1S/C18H35N3O/c1-4-5-7-10-19-18(22)21-15(2)13-17(14-16(21)3)20-11-8-6-9-12-20/h15-17H,4-14H2,1-3H3,(H,19,22). The zero-order chi connectivity index (χ0) is 15.9. The van der Waals surface area contributed by atoms with Crippen molar-refractivity contribution in [3.05, 3.63) is 0 Å². The van der Waals surface area contributed by atoms with Gasteiger partial charge in [-0.25, -0.2) is 4.79 Å². The summed E-state index contributed by atoms with van der Waals surface area (Å²) in [5.74, 6) is 0. The number of hydrogen-bond donors (Lipinski definition) is 1. The van der Waals surface area contributed by atoms with Gasteiger partial charge in [0.05, 0.1) is 0 Å². The molecule has 2 rings (SSSR count). The molecule has 2 amide bonds. The number of piperidine rings is 2. The van der Waals surface area contributed by atoms with Crippen LogP contribution < -0.4 is 5.32 Å². The Kier molecular flexibility index (Phi) is 7.00. The van der Waals surface area contributed by atoms with Gasteiger partial charge in [-0.2, -0.15) is 0 Å². The van der Waals surface area contributed by atoms with E-state index in [0.717, 1.165) is 25.8 Å². The Balaban J connectivity index is 1.83. The molecular weight excluding hydrogens is 274 g/mol.